The van der Waals surface area contributed by atoms with E-state index in [2.05, 4.69) is 14.5 Å². The molecular weight excluding hydrogens is 388 g/mol. The van der Waals surface area contributed by atoms with Gasteiger partial charge in [-0.3, -0.25) is 10.1 Å². The number of nitrogens with zero attached hydrogens (tertiary/aromatic N) is 2. The quantitative estimate of drug-likeness (QED) is 0.339. The van der Waals surface area contributed by atoms with Crippen molar-refractivity contribution >= 4 is 34.2 Å². The van der Waals surface area contributed by atoms with E-state index in [1.165, 1.54) is 22.6 Å². The number of aromatic nitrogens is 1. The summed E-state index contributed by atoms with van der Waals surface area (Å²) in [5.41, 5.74) is -1.85. The number of pyridine rings is 1. The minimum Gasteiger partial charge on any atom is -0.465 e. The highest BCUT2D eigenvalue weighted by Gasteiger charge is 2.38. The third-order valence-corrected chi connectivity index (χ3v) is 2.55. The van der Waals surface area contributed by atoms with Gasteiger partial charge in [-0.2, -0.15) is 0 Å². The number of ether oxygens (including phenoxy) is 2. The van der Waals surface area contributed by atoms with Crippen LogP contribution in [0.3, 0.4) is 0 Å². The predicted octanol–water partition coefficient (Wildman–Crippen LogP) is 2.28. The fourth-order valence-corrected chi connectivity index (χ4v) is 1.72. The molecule has 1 aromatic rings. The van der Waals surface area contributed by atoms with Crippen molar-refractivity contribution in [3.05, 3.63) is 25.4 Å². The second-order valence-corrected chi connectivity index (χ2v) is 4.09. The van der Waals surface area contributed by atoms with Crippen LogP contribution in [0.2, 0.25) is 0 Å². The second-order valence-electron chi connectivity index (χ2n) is 2.93. The Labute approximate surface area is 117 Å². The van der Waals surface area contributed by atoms with E-state index in [1.54, 1.807) is 0 Å². The van der Waals surface area contributed by atoms with Crippen molar-refractivity contribution in [2.24, 2.45) is 0 Å². The van der Waals surface area contributed by atoms with Crippen molar-refractivity contribution < 1.29 is 32.4 Å². The standard InChI is InChI=1S/C8H4F3IN2O5/c1-18-7(15)4-5(14(16)17)3(12)2-13-6(4)19-8(9,10)11/h2H,1H3. The van der Waals surface area contributed by atoms with Gasteiger partial charge >= 0.3 is 18.0 Å². The molecule has 1 heterocycles. The smallest absolute Gasteiger partial charge is 0.465 e. The summed E-state index contributed by atoms with van der Waals surface area (Å²) in [7, 11) is 0.864. The molecular formula is C8H4F3IN2O5. The molecule has 19 heavy (non-hydrogen) atoms. The van der Waals surface area contributed by atoms with Crippen LogP contribution in [0.4, 0.5) is 18.9 Å². The third kappa shape index (κ3) is 3.65. The fraction of sp³-hybridized carbons (Fsp3) is 0.250. The van der Waals surface area contributed by atoms with Crippen molar-refractivity contribution in [1.82, 2.24) is 4.98 Å². The monoisotopic (exact) mass is 392 g/mol. The minimum atomic E-state index is -5.14. The Kier molecular flexibility index (Phi) is 4.49. The van der Waals surface area contributed by atoms with Crippen LogP contribution in [-0.2, 0) is 4.74 Å². The summed E-state index contributed by atoms with van der Waals surface area (Å²) in [5.74, 6) is -2.58. The van der Waals surface area contributed by atoms with Gasteiger partial charge in [0.05, 0.1) is 18.2 Å². The summed E-state index contributed by atoms with van der Waals surface area (Å²) < 4.78 is 44.0. The molecule has 0 atom stereocenters. The highest BCUT2D eigenvalue weighted by atomic mass is 127. The van der Waals surface area contributed by atoms with Crippen LogP contribution in [-0.4, -0.2) is 29.3 Å². The first-order chi connectivity index (χ1) is 8.67. The highest BCUT2D eigenvalue weighted by Crippen LogP contribution is 2.34. The zero-order valence-corrected chi connectivity index (χ0v) is 11.2. The third-order valence-electron chi connectivity index (χ3n) is 1.76. The van der Waals surface area contributed by atoms with E-state index in [4.69, 9.17) is 0 Å². The number of alkyl halides is 3. The molecule has 1 aromatic heterocycles. The number of methoxy groups -OCH3 is 1. The predicted molar refractivity (Wildman–Crippen MR) is 61.6 cm³/mol. The van der Waals surface area contributed by atoms with Gasteiger partial charge in [0.1, 0.15) is 3.57 Å². The number of nitro groups is 1. The second kappa shape index (κ2) is 5.54. The van der Waals surface area contributed by atoms with Gasteiger partial charge in [0.2, 0.25) is 11.4 Å². The molecule has 0 N–H and O–H groups in total. The first-order valence-corrected chi connectivity index (χ1v) is 5.42. The van der Waals surface area contributed by atoms with Crippen LogP contribution in [0, 0.1) is 13.7 Å². The number of hydrogen-bond donors (Lipinski definition) is 0. The molecule has 0 aromatic carbocycles. The van der Waals surface area contributed by atoms with E-state index in [1.807, 2.05) is 0 Å². The van der Waals surface area contributed by atoms with E-state index in [9.17, 15) is 28.1 Å². The average molecular weight is 392 g/mol. The Bertz CT molecular complexity index is 534. The van der Waals surface area contributed by atoms with Crippen LogP contribution in [0.15, 0.2) is 6.20 Å². The fourth-order valence-electron chi connectivity index (χ4n) is 1.11. The first-order valence-electron chi connectivity index (χ1n) is 4.34. The molecule has 7 nitrogen and oxygen atoms in total. The molecule has 0 aliphatic rings. The average Bonchev–Trinajstić information content (AvgIpc) is 2.27. The Morgan fingerprint density at radius 2 is 2.11 bits per heavy atom. The molecule has 0 spiro atoms. The lowest BCUT2D eigenvalue weighted by molar-refractivity contribution is -0.386. The van der Waals surface area contributed by atoms with E-state index in [0.29, 0.717) is 0 Å². The first kappa shape index (κ1) is 15.4. The molecule has 0 saturated carbocycles. The van der Waals surface area contributed by atoms with Crippen LogP contribution < -0.4 is 4.74 Å². The van der Waals surface area contributed by atoms with Gasteiger partial charge in [0.25, 0.3) is 0 Å². The summed E-state index contributed by atoms with van der Waals surface area (Å²) in [6.45, 7) is 0. The molecule has 0 saturated heterocycles. The van der Waals surface area contributed by atoms with Crippen molar-refractivity contribution in [1.29, 1.82) is 0 Å². The summed E-state index contributed by atoms with van der Waals surface area (Å²) >= 11 is 1.46. The largest absolute Gasteiger partial charge is 0.574 e. The lowest BCUT2D eigenvalue weighted by atomic mass is 10.2. The lowest BCUT2D eigenvalue weighted by Crippen LogP contribution is -2.21. The van der Waals surface area contributed by atoms with Crippen molar-refractivity contribution in [3.8, 4) is 5.88 Å². The molecule has 0 fully saturated rings. The van der Waals surface area contributed by atoms with Crippen molar-refractivity contribution in [2.75, 3.05) is 7.11 Å². The molecule has 0 bridgehead atoms. The van der Waals surface area contributed by atoms with Gasteiger partial charge in [-0.1, -0.05) is 0 Å². The maximum absolute atomic E-state index is 12.1. The maximum Gasteiger partial charge on any atom is 0.574 e. The summed E-state index contributed by atoms with van der Waals surface area (Å²) in [4.78, 5) is 24.4. The van der Waals surface area contributed by atoms with E-state index in [0.717, 1.165) is 13.3 Å². The Hall–Kier alpha value is -1.66. The normalized spacial score (nSPS) is 11.0. The van der Waals surface area contributed by atoms with Crippen LogP contribution in [0.5, 0.6) is 5.88 Å². The van der Waals surface area contributed by atoms with E-state index in [-0.39, 0.29) is 3.57 Å². The molecule has 11 heteroatoms. The molecule has 0 unspecified atom stereocenters. The van der Waals surface area contributed by atoms with Gasteiger partial charge in [-0.05, 0) is 22.6 Å². The van der Waals surface area contributed by atoms with Gasteiger partial charge in [0.15, 0.2) is 0 Å². The number of hydrogen-bond acceptors (Lipinski definition) is 6. The van der Waals surface area contributed by atoms with Crippen LogP contribution in [0.1, 0.15) is 10.4 Å². The molecule has 0 radical (unpaired) electrons. The Balaban J connectivity index is 3.52. The zero-order chi connectivity index (χ0) is 14.8. The Morgan fingerprint density at radius 1 is 1.53 bits per heavy atom. The number of rotatable bonds is 3. The zero-order valence-electron chi connectivity index (χ0n) is 9.02. The van der Waals surface area contributed by atoms with E-state index >= 15 is 0 Å². The van der Waals surface area contributed by atoms with Gasteiger partial charge < -0.3 is 9.47 Å². The number of carbonyl (C=O) groups excluding carboxylic acids is 1. The van der Waals surface area contributed by atoms with Gasteiger partial charge in [-0.15, -0.1) is 13.2 Å². The van der Waals surface area contributed by atoms with Crippen LogP contribution in [0.25, 0.3) is 0 Å². The summed E-state index contributed by atoms with van der Waals surface area (Å²) in [6, 6.07) is 0. The Morgan fingerprint density at radius 3 is 2.53 bits per heavy atom. The molecule has 0 aliphatic carbocycles. The molecule has 104 valence electrons. The van der Waals surface area contributed by atoms with E-state index < -0.39 is 34.4 Å². The van der Waals surface area contributed by atoms with Crippen molar-refractivity contribution in [3.63, 3.8) is 0 Å². The summed E-state index contributed by atoms with van der Waals surface area (Å²) in [6.07, 6.45) is -4.36. The topological polar surface area (TPSA) is 91.6 Å². The molecule has 0 aliphatic heterocycles. The number of halogens is 4. The number of esters is 1. The number of carbonyl (C=O) groups is 1. The molecule has 1 rings (SSSR count). The lowest BCUT2D eigenvalue weighted by Gasteiger charge is -2.11. The minimum absolute atomic E-state index is 0.127. The summed E-state index contributed by atoms with van der Waals surface area (Å²) in [5, 5.41) is 10.8. The SMILES string of the molecule is COC(=O)c1c(OC(F)(F)F)ncc(I)c1[N+](=O)[O-]. The maximum atomic E-state index is 12.1. The van der Waals surface area contributed by atoms with Crippen LogP contribution >= 0.6 is 22.6 Å². The van der Waals surface area contributed by atoms with Crippen molar-refractivity contribution in [2.45, 2.75) is 6.36 Å². The van der Waals surface area contributed by atoms with Gasteiger partial charge in [0, 0.05) is 0 Å². The molecule has 0 amide bonds. The highest BCUT2D eigenvalue weighted by molar-refractivity contribution is 14.1. The van der Waals surface area contributed by atoms with Gasteiger partial charge in [-0.25, -0.2) is 9.78 Å².